The van der Waals surface area contributed by atoms with Gasteiger partial charge in [0.1, 0.15) is 5.60 Å². The third-order valence-corrected chi connectivity index (χ3v) is 9.37. The molecule has 1 saturated heterocycles. The number of Topliss-reactive ketones (excluding diaryl/α,β-unsaturated/α-hetero) is 1. The smallest absolute Gasteiger partial charge is 0.303 e. The lowest BCUT2D eigenvalue weighted by molar-refractivity contribution is -0.215. The van der Waals surface area contributed by atoms with Gasteiger partial charge in [-0.1, -0.05) is 41.0 Å². The van der Waals surface area contributed by atoms with Crippen molar-refractivity contribution in [3.63, 3.8) is 0 Å². The van der Waals surface area contributed by atoms with E-state index in [1.165, 1.54) is 13.8 Å². The molecule has 4 rings (SSSR count). The Labute approximate surface area is 203 Å². The first kappa shape index (κ1) is 25.6. The van der Waals surface area contributed by atoms with Crippen molar-refractivity contribution in [2.24, 2.45) is 40.4 Å². The van der Waals surface area contributed by atoms with E-state index in [0.29, 0.717) is 0 Å². The maximum Gasteiger partial charge on any atom is 0.303 e. The van der Waals surface area contributed by atoms with Crippen LogP contribution in [0.1, 0.15) is 81.6 Å². The van der Waals surface area contributed by atoms with Crippen molar-refractivity contribution < 1.29 is 33.3 Å². The lowest BCUT2D eigenvalue weighted by Crippen LogP contribution is -2.68. The topological polar surface area (TPSA) is 88.1 Å². The largest absolute Gasteiger partial charge is 0.466 e. The van der Waals surface area contributed by atoms with Crippen LogP contribution >= 0.6 is 0 Å². The van der Waals surface area contributed by atoms with E-state index in [1.54, 1.807) is 0 Å². The second kappa shape index (κ2) is 8.02. The molecule has 8 atom stereocenters. The number of carbonyl (C=O) groups excluding carboxylic acids is 3. The Morgan fingerprint density at radius 3 is 2.26 bits per heavy atom. The minimum absolute atomic E-state index is 0.0398. The molecule has 3 saturated carbocycles. The molecule has 0 N–H and O–H groups in total. The monoisotopic (exact) mass is 478 g/mol. The lowest BCUT2D eigenvalue weighted by atomic mass is 9.53. The van der Waals surface area contributed by atoms with Gasteiger partial charge in [-0.25, -0.2) is 0 Å². The van der Waals surface area contributed by atoms with E-state index in [9.17, 15) is 14.4 Å². The molecule has 4 fully saturated rings. The average Bonchev–Trinajstić information content (AvgIpc) is 3.12. The number of hydrogen-bond acceptors (Lipinski definition) is 7. The van der Waals surface area contributed by atoms with Crippen molar-refractivity contribution in [2.45, 2.75) is 105 Å². The molecule has 1 aliphatic heterocycles. The van der Waals surface area contributed by atoms with Crippen LogP contribution in [0, 0.1) is 40.4 Å². The molecule has 7 heteroatoms. The predicted octanol–water partition coefficient (Wildman–Crippen LogP) is 4.31. The van der Waals surface area contributed by atoms with Gasteiger partial charge in [0, 0.05) is 31.6 Å². The molecular formula is C27H42O7. The standard InChI is InChI=1S/C27H42O7/c1-14(2)27-22(33-25(7,8)34-27)18-17(13-31-15(3)28)21-24(5,6)11-10-12-26(21,9)19(18)20(30)23(27)32-16(4)29/h14,17-19,21-23H,10-13H2,1-9H3/t17-,18?,19?,21-,22-,23-,26+,27-/m0/s1. The Kier molecular flexibility index (Phi) is 6.04. The van der Waals surface area contributed by atoms with Crippen LogP contribution in [0.4, 0.5) is 0 Å². The summed E-state index contributed by atoms with van der Waals surface area (Å²) in [6.07, 6.45) is 1.48. The molecular weight excluding hydrogens is 436 g/mol. The minimum atomic E-state index is -1.10. The van der Waals surface area contributed by atoms with E-state index >= 15 is 0 Å². The van der Waals surface area contributed by atoms with Crippen molar-refractivity contribution in [2.75, 3.05) is 6.61 Å². The summed E-state index contributed by atoms with van der Waals surface area (Å²) in [4.78, 5) is 38.6. The number of carbonyl (C=O) groups is 3. The normalized spacial score (nSPS) is 44.2. The summed E-state index contributed by atoms with van der Waals surface area (Å²) in [7, 11) is 0. The first-order valence-corrected chi connectivity index (χ1v) is 12.8. The van der Waals surface area contributed by atoms with Crippen LogP contribution in [-0.4, -0.2) is 47.9 Å². The molecule has 0 bridgehead atoms. The number of ketones is 1. The van der Waals surface area contributed by atoms with Crippen LogP contribution in [-0.2, 0) is 33.3 Å². The highest BCUT2D eigenvalue weighted by molar-refractivity contribution is 5.91. The van der Waals surface area contributed by atoms with Gasteiger partial charge in [0.2, 0.25) is 0 Å². The molecule has 2 unspecified atom stereocenters. The SMILES string of the molecule is CC(=O)OC[C@H]1C2C(C(=O)[C@H](OC(C)=O)[C@@]3(C(C)C)OC(C)(C)O[C@@H]23)[C@@]2(C)CCCC(C)(C)[C@H]12. The van der Waals surface area contributed by atoms with Gasteiger partial charge < -0.3 is 18.9 Å². The van der Waals surface area contributed by atoms with E-state index < -0.39 is 29.6 Å². The fourth-order valence-electron chi connectivity index (χ4n) is 8.73. The molecule has 0 aromatic rings. The molecule has 0 radical (unpaired) electrons. The fraction of sp³-hybridized carbons (Fsp3) is 0.889. The maximum atomic E-state index is 14.4. The van der Waals surface area contributed by atoms with E-state index in [2.05, 4.69) is 20.8 Å². The quantitative estimate of drug-likeness (QED) is 0.557. The molecule has 3 aliphatic carbocycles. The van der Waals surface area contributed by atoms with Gasteiger partial charge in [-0.3, -0.25) is 14.4 Å². The third kappa shape index (κ3) is 3.56. The number of esters is 2. The lowest BCUT2D eigenvalue weighted by Gasteiger charge is -2.53. The summed E-state index contributed by atoms with van der Waals surface area (Å²) in [6.45, 7) is 17.5. The fourth-order valence-corrected chi connectivity index (χ4v) is 8.73. The van der Waals surface area contributed by atoms with Crippen LogP contribution in [0.15, 0.2) is 0 Å². The number of rotatable bonds is 4. The minimum Gasteiger partial charge on any atom is -0.466 e. The Balaban J connectivity index is 1.94. The molecule has 0 aromatic heterocycles. The van der Waals surface area contributed by atoms with Gasteiger partial charge in [0.25, 0.3) is 0 Å². The highest BCUT2D eigenvalue weighted by Crippen LogP contribution is 2.70. The van der Waals surface area contributed by atoms with Crippen molar-refractivity contribution in [1.82, 2.24) is 0 Å². The van der Waals surface area contributed by atoms with Crippen LogP contribution in [0.2, 0.25) is 0 Å². The van der Waals surface area contributed by atoms with Crippen LogP contribution in [0.5, 0.6) is 0 Å². The number of fused-ring (bicyclic) bond motifs is 5. The van der Waals surface area contributed by atoms with Gasteiger partial charge in [-0.05, 0) is 49.4 Å². The first-order chi connectivity index (χ1) is 15.6. The Bertz CT molecular complexity index is 876. The Hall–Kier alpha value is -1.47. The maximum absolute atomic E-state index is 14.4. The zero-order valence-electron chi connectivity index (χ0n) is 22.2. The molecule has 0 aromatic carbocycles. The number of ether oxygens (including phenoxy) is 4. The highest BCUT2D eigenvalue weighted by Gasteiger charge is 2.77. The first-order valence-electron chi connectivity index (χ1n) is 12.8. The van der Waals surface area contributed by atoms with Crippen molar-refractivity contribution in [1.29, 1.82) is 0 Å². The third-order valence-electron chi connectivity index (χ3n) is 9.37. The number of hydrogen-bond donors (Lipinski definition) is 0. The van der Waals surface area contributed by atoms with Gasteiger partial charge >= 0.3 is 11.9 Å². The molecule has 0 spiro atoms. The van der Waals surface area contributed by atoms with Crippen molar-refractivity contribution in [3.8, 4) is 0 Å². The van der Waals surface area contributed by atoms with Crippen molar-refractivity contribution >= 4 is 17.7 Å². The van der Waals surface area contributed by atoms with E-state index in [0.717, 1.165) is 19.3 Å². The second-order valence-electron chi connectivity index (χ2n) is 12.8. The molecule has 192 valence electrons. The summed E-state index contributed by atoms with van der Waals surface area (Å²) in [5, 5.41) is 0. The Morgan fingerprint density at radius 1 is 1.06 bits per heavy atom. The average molecular weight is 479 g/mol. The molecule has 7 nitrogen and oxygen atoms in total. The van der Waals surface area contributed by atoms with Gasteiger partial charge in [-0.15, -0.1) is 0 Å². The van der Waals surface area contributed by atoms with Crippen LogP contribution in [0.3, 0.4) is 0 Å². The van der Waals surface area contributed by atoms with Crippen LogP contribution in [0.25, 0.3) is 0 Å². The second-order valence-corrected chi connectivity index (χ2v) is 12.8. The molecule has 4 aliphatic rings. The molecule has 1 heterocycles. The summed E-state index contributed by atoms with van der Waals surface area (Å²) in [5.74, 6) is -2.45. The summed E-state index contributed by atoms with van der Waals surface area (Å²) >= 11 is 0. The molecule has 0 amide bonds. The zero-order valence-corrected chi connectivity index (χ0v) is 22.2. The Morgan fingerprint density at radius 2 is 1.71 bits per heavy atom. The van der Waals surface area contributed by atoms with E-state index in [4.69, 9.17) is 18.9 Å². The van der Waals surface area contributed by atoms with Crippen LogP contribution < -0.4 is 0 Å². The van der Waals surface area contributed by atoms with E-state index in [1.807, 2.05) is 27.7 Å². The summed E-state index contributed by atoms with van der Waals surface area (Å²) in [6, 6.07) is 0. The highest BCUT2D eigenvalue weighted by atomic mass is 16.8. The summed E-state index contributed by atoms with van der Waals surface area (Å²) < 4.78 is 24.7. The van der Waals surface area contributed by atoms with Crippen molar-refractivity contribution in [3.05, 3.63) is 0 Å². The summed E-state index contributed by atoms with van der Waals surface area (Å²) in [5.41, 5.74) is -1.45. The molecule has 34 heavy (non-hydrogen) atoms. The van der Waals surface area contributed by atoms with Gasteiger partial charge in [-0.2, -0.15) is 0 Å². The van der Waals surface area contributed by atoms with Gasteiger partial charge in [0.15, 0.2) is 17.7 Å². The van der Waals surface area contributed by atoms with E-state index in [-0.39, 0.29) is 58.8 Å². The zero-order chi connectivity index (χ0) is 25.4. The van der Waals surface area contributed by atoms with Gasteiger partial charge in [0.05, 0.1) is 12.7 Å². The predicted molar refractivity (Wildman–Crippen MR) is 124 cm³/mol.